The van der Waals surface area contributed by atoms with Crippen LogP contribution in [0.25, 0.3) is 22.5 Å². The summed E-state index contributed by atoms with van der Waals surface area (Å²) in [6, 6.07) is 21.7. The van der Waals surface area contributed by atoms with Crippen LogP contribution in [0.1, 0.15) is 42.1 Å². The molecule has 0 aliphatic heterocycles. The van der Waals surface area contributed by atoms with Crippen LogP contribution < -0.4 is 11.3 Å². The summed E-state index contributed by atoms with van der Waals surface area (Å²) in [5, 5.41) is 3.83. The molecule has 8 heteroatoms. The first-order valence-electron chi connectivity index (χ1n) is 12.6. The smallest absolute Gasteiger partial charge is 0.296 e. The molecule has 0 spiro atoms. The quantitative estimate of drug-likeness (QED) is 0.288. The van der Waals surface area contributed by atoms with Crippen LogP contribution in [0.3, 0.4) is 0 Å². The van der Waals surface area contributed by atoms with Crippen molar-refractivity contribution >= 4 is 0 Å². The van der Waals surface area contributed by atoms with Crippen LogP contribution in [0.5, 0.6) is 0 Å². The molecule has 3 aromatic carbocycles. The van der Waals surface area contributed by atoms with Gasteiger partial charge in [0.25, 0.3) is 5.56 Å². The third kappa shape index (κ3) is 5.54. The first-order valence-corrected chi connectivity index (χ1v) is 12.6. The van der Waals surface area contributed by atoms with Crippen molar-refractivity contribution in [3.8, 4) is 22.5 Å². The van der Waals surface area contributed by atoms with Crippen molar-refractivity contribution in [2.24, 2.45) is 0 Å². The zero-order valence-electron chi connectivity index (χ0n) is 21.0. The van der Waals surface area contributed by atoms with Gasteiger partial charge in [0.2, 0.25) is 0 Å². The number of hydrogen-bond donors (Lipinski definition) is 1. The van der Waals surface area contributed by atoms with E-state index in [1.165, 1.54) is 12.1 Å². The number of aromatic amines is 1. The molecular weight excluding hydrogens is 483 g/mol. The Morgan fingerprint density at radius 1 is 0.921 bits per heavy atom. The fourth-order valence-electron chi connectivity index (χ4n) is 4.50. The third-order valence-electron chi connectivity index (χ3n) is 6.52. The number of unbranched alkanes of at least 4 members (excludes halogenated alkanes) is 1. The predicted octanol–water partition coefficient (Wildman–Crippen LogP) is 5.37. The first-order chi connectivity index (χ1) is 18.5. The van der Waals surface area contributed by atoms with E-state index < -0.39 is 5.76 Å². The summed E-state index contributed by atoms with van der Waals surface area (Å²) >= 11 is 0. The monoisotopic (exact) mass is 510 g/mol. The maximum absolute atomic E-state index is 13.5. The van der Waals surface area contributed by atoms with Gasteiger partial charge in [0.15, 0.2) is 5.82 Å². The highest BCUT2D eigenvalue weighted by Crippen LogP contribution is 2.30. The second-order valence-electron chi connectivity index (χ2n) is 9.20. The van der Waals surface area contributed by atoms with Crippen molar-refractivity contribution in [1.82, 2.24) is 19.7 Å². The molecule has 0 bridgehead atoms. The lowest BCUT2D eigenvalue weighted by molar-refractivity contribution is 0.388. The second kappa shape index (κ2) is 11.2. The van der Waals surface area contributed by atoms with E-state index in [1.807, 2.05) is 48.5 Å². The summed E-state index contributed by atoms with van der Waals surface area (Å²) in [5.74, 6) is -0.548. The van der Waals surface area contributed by atoms with Gasteiger partial charge in [0.05, 0.1) is 18.6 Å². The lowest BCUT2D eigenvalue weighted by Crippen LogP contribution is -2.27. The minimum atomic E-state index is -0.606. The molecule has 0 saturated heterocycles. The van der Waals surface area contributed by atoms with Gasteiger partial charge in [0, 0.05) is 17.5 Å². The van der Waals surface area contributed by atoms with Gasteiger partial charge in [-0.05, 0) is 47.2 Å². The molecule has 7 nitrogen and oxygen atoms in total. The molecule has 38 heavy (non-hydrogen) atoms. The van der Waals surface area contributed by atoms with Gasteiger partial charge in [-0.1, -0.05) is 79.2 Å². The molecule has 0 aliphatic carbocycles. The SMILES string of the molecule is CCCCc1ncn(Cc2ccc(F)cc2)c(=O)c1Cc1ccc(-c2ccccc2-c2noc(=O)[nH]2)cc1. The predicted molar refractivity (Wildman–Crippen MR) is 143 cm³/mol. The Labute approximate surface area is 218 Å². The van der Waals surface area contributed by atoms with Crippen molar-refractivity contribution in [2.45, 2.75) is 39.2 Å². The molecule has 1 N–H and O–H groups in total. The van der Waals surface area contributed by atoms with Crippen molar-refractivity contribution in [3.05, 3.63) is 128 Å². The van der Waals surface area contributed by atoms with Gasteiger partial charge in [0.1, 0.15) is 5.82 Å². The summed E-state index contributed by atoms with van der Waals surface area (Å²) in [5.41, 5.74) is 5.82. The number of nitrogens with one attached hydrogen (secondary N) is 1. The molecular formula is C30H27FN4O3. The summed E-state index contributed by atoms with van der Waals surface area (Å²) in [6.07, 6.45) is 4.73. The Morgan fingerprint density at radius 2 is 1.63 bits per heavy atom. The largest absolute Gasteiger partial charge is 0.439 e. The molecule has 0 fully saturated rings. The molecule has 2 aromatic heterocycles. The van der Waals surface area contributed by atoms with E-state index in [0.717, 1.165) is 52.8 Å². The van der Waals surface area contributed by atoms with Gasteiger partial charge in [-0.3, -0.25) is 18.9 Å². The summed E-state index contributed by atoms with van der Waals surface area (Å²) in [6.45, 7) is 2.44. The maximum atomic E-state index is 13.5. The molecule has 5 rings (SSSR count). The normalized spacial score (nSPS) is 11.1. The number of nitrogens with zero attached hydrogens (tertiary/aromatic N) is 3. The number of rotatable bonds is 9. The highest BCUT2D eigenvalue weighted by Gasteiger charge is 2.15. The summed E-state index contributed by atoms with van der Waals surface area (Å²) in [4.78, 5) is 32.2. The Hall–Kier alpha value is -4.59. The summed E-state index contributed by atoms with van der Waals surface area (Å²) in [7, 11) is 0. The Morgan fingerprint density at radius 3 is 2.32 bits per heavy atom. The average molecular weight is 511 g/mol. The van der Waals surface area contributed by atoms with Crippen LogP contribution >= 0.6 is 0 Å². The third-order valence-corrected chi connectivity index (χ3v) is 6.52. The number of H-pyrrole nitrogens is 1. The van der Waals surface area contributed by atoms with Gasteiger partial charge < -0.3 is 0 Å². The molecule has 0 radical (unpaired) electrons. The van der Waals surface area contributed by atoms with E-state index in [4.69, 9.17) is 0 Å². The van der Waals surface area contributed by atoms with Crippen LogP contribution in [0.15, 0.2) is 93.2 Å². The van der Waals surface area contributed by atoms with Gasteiger partial charge >= 0.3 is 5.76 Å². The number of benzene rings is 3. The van der Waals surface area contributed by atoms with E-state index in [-0.39, 0.29) is 11.4 Å². The Kier molecular flexibility index (Phi) is 7.40. The highest BCUT2D eigenvalue weighted by molar-refractivity contribution is 5.80. The van der Waals surface area contributed by atoms with Gasteiger partial charge in [-0.25, -0.2) is 14.2 Å². The van der Waals surface area contributed by atoms with Gasteiger partial charge in [-0.15, -0.1) is 0 Å². The molecule has 0 unspecified atom stereocenters. The lowest BCUT2D eigenvalue weighted by atomic mass is 9.96. The molecule has 0 saturated carbocycles. The highest BCUT2D eigenvalue weighted by atomic mass is 19.1. The number of halogens is 1. The van der Waals surface area contributed by atoms with Crippen LogP contribution in [-0.4, -0.2) is 19.7 Å². The maximum Gasteiger partial charge on any atom is 0.439 e. The van der Waals surface area contributed by atoms with E-state index in [0.29, 0.717) is 24.4 Å². The number of hydrogen-bond acceptors (Lipinski definition) is 5. The first kappa shape index (κ1) is 25.1. The van der Waals surface area contributed by atoms with Crippen LogP contribution in [0.2, 0.25) is 0 Å². The van der Waals surface area contributed by atoms with E-state index in [1.54, 1.807) is 23.0 Å². The molecule has 0 atom stereocenters. The van der Waals surface area contributed by atoms with E-state index in [2.05, 4.69) is 26.6 Å². The Bertz CT molecular complexity index is 1650. The molecule has 5 aromatic rings. The molecule has 0 aliphatic rings. The average Bonchev–Trinajstić information content (AvgIpc) is 3.38. The van der Waals surface area contributed by atoms with E-state index in [9.17, 15) is 14.0 Å². The number of aromatic nitrogens is 4. The molecule has 0 amide bonds. The number of aryl methyl sites for hydroxylation is 1. The standard InChI is InChI=1S/C30H27FN4O3/c1-2-3-8-27-26(29(36)35(19-32-27)18-21-11-15-23(31)16-12-21)17-20-9-13-22(14-10-20)24-6-4-5-7-25(24)28-33-30(37)38-34-28/h4-7,9-16,19H,2-3,8,17-18H2,1H3,(H,33,34,37). The minimum absolute atomic E-state index is 0.0835. The van der Waals surface area contributed by atoms with Crippen molar-refractivity contribution in [3.63, 3.8) is 0 Å². The van der Waals surface area contributed by atoms with Crippen molar-refractivity contribution in [1.29, 1.82) is 0 Å². The zero-order valence-corrected chi connectivity index (χ0v) is 21.0. The molecule has 192 valence electrons. The molecule has 2 heterocycles. The van der Waals surface area contributed by atoms with Gasteiger partial charge in [-0.2, -0.15) is 0 Å². The topological polar surface area (TPSA) is 93.8 Å². The summed E-state index contributed by atoms with van der Waals surface area (Å²) < 4.78 is 19.6. The van der Waals surface area contributed by atoms with Crippen LogP contribution in [-0.2, 0) is 19.4 Å². The Balaban J connectivity index is 1.45. The lowest BCUT2D eigenvalue weighted by Gasteiger charge is -2.13. The fraction of sp³-hybridized carbons (Fsp3) is 0.200. The second-order valence-corrected chi connectivity index (χ2v) is 9.20. The zero-order chi connectivity index (χ0) is 26.5. The van der Waals surface area contributed by atoms with Crippen molar-refractivity contribution in [2.75, 3.05) is 0 Å². The van der Waals surface area contributed by atoms with Crippen LogP contribution in [0.4, 0.5) is 4.39 Å². The fourth-order valence-corrected chi connectivity index (χ4v) is 4.50. The van der Waals surface area contributed by atoms with Crippen LogP contribution in [0, 0.1) is 5.82 Å². The van der Waals surface area contributed by atoms with Crippen molar-refractivity contribution < 1.29 is 8.91 Å². The minimum Gasteiger partial charge on any atom is -0.296 e. The van der Waals surface area contributed by atoms with E-state index >= 15 is 0 Å².